The molecule has 2 aromatic rings. The Balaban J connectivity index is 2.38. The summed E-state index contributed by atoms with van der Waals surface area (Å²) in [6, 6.07) is 9.19. The van der Waals surface area contributed by atoms with Gasteiger partial charge in [-0.1, -0.05) is 41.0 Å². The van der Waals surface area contributed by atoms with Gasteiger partial charge in [0, 0.05) is 26.1 Å². The van der Waals surface area contributed by atoms with Crippen LogP contribution in [-0.4, -0.2) is 35.3 Å². The van der Waals surface area contributed by atoms with Gasteiger partial charge in [-0.15, -0.1) is 0 Å². The Labute approximate surface area is 172 Å². The summed E-state index contributed by atoms with van der Waals surface area (Å²) in [4.78, 5) is 13.1. The van der Waals surface area contributed by atoms with Crippen LogP contribution in [0.5, 0.6) is 0 Å². The highest BCUT2D eigenvalue weighted by Crippen LogP contribution is 2.35. The topological polar surface area (TPSA) is 97.4 Å². The highest BCUT2D eigenvalue weighted by Gasteiger charge is 2.15. The van der Waals surface area contributed by atoms with Crippen LogP contribution in [0.2, 0.25) is 10.0 Å². The Morgan fingerprint density at radius 3 is 2.26 bits per heavy atom. The van der Waals surface area contributed by atoms with Crippen LogP contribution < -0.4 is 4.72 Å². The van der Waals surface area contributed by atoms with Gasteiger partial charge in [0.15, 0.2) is 9.84 Å². The molecule has 0 atom stereocenters. The first kappa shape index (κ1) is 22.0. The van der Waals surface area contributed by atoms with Crippen molar-refractivity contribution in [3.05, 3.63) is 52.0 Å². The van der Waals surface area contributed by atoms with Gasteiger partial charge in [-0.3, -0.25) is 9.52 Å². The van der Waals surface area contributed by atoms with Crippen LogP contribution in [-0.2, 0) is 31.1 Å². The molecule has 0 fully saturated rings. The molecule has 0 aliphatic heterocycles. The summed E-state index contributed by atoms with van der Waals surface area (Å²) < 4.78 is 47.9. The van der Waals surface area contributed by atoms with Gasteiger partial charge in [-0.2, -0.15) is 0 Å². The van der Waals surface area contributed by atoms with Crippen LogP contribution in [0.4, 0.5) is 0 Å². The summed E-state index contributed by atoms with van der Waals surface area (Å²) in [5.74, 6) is -0.690. The number of nitrogens with one attached hydrogen (secondary N) is 1. The molecule has 6 nitrogen and oxygen atoms in total. The number of halogens is 2. The van der Waals surface area contributed by atoms with Gasteiger partial charge in [0.05, 0.1) is 17.6 Å². The van der Waals surface area contributed by atoms with Crippen LogP contribution in [0.1, 0.15) is 5.56 Å². The van der Waals surface area contributed by atoms with Crippen LogP contribution in [0.25, 0.3) is 0 Å². The molecule has 27 heavy (non-hydrogen) atoms. The van der Waals surface area contributed by atoms with Crippen LogP contribution in [0.15, 0.2) is 51.1 Å². The molecule has 0 unspecified atom stereocenters. The summed E-state index contributed by atoms with van der Waals surface area (Å²) in [7, 11) is -7.12. The molecule has 2 rings (SSSR count). The summed E-state index contributed by atoms with van der Waals surface area (Å²) in [6.07, 6.45) is 1.78. The quantitative estimate of drug-likeness (QED) is 0.700. The standard InChI is InChI=1S/C16H15Cl2NO5S3/c1-26(21,22)14-7-12(18)6-13(9-14)25-15-8-11(17)4-3-10(15)5-16(20)19-27(2,23)24/h3-4,6-9H,5H2,1-2H3,(H,19,20). The van der Waals surface area contributed by atoms with E-state index in [4.69, 9.17) is 23.2 Å². The maximum absolute atomic E-state index is 11.9. The second kappa shape index (κ2) is 8.40. The molecule has 146 valence electrons. The lowest BCUT2D eigenvalue weighted by Crippen LogP contribution is -2.30. The van der Waals surface area contributed by atoms with Crippen molar-refractivity contribution in [3.8, 4) is 0 Å². The Bertz CT molecular complexity index is 1100. The predicted octanol–water partition coefficient (Wildman–Crippen LogP) is 3.17. The molecule has 0 aliphatic carbocycles. The van der Waals surface area contributed by atoms with E-state index in [0.717, 1.165) is 12.5 Å². The number of amides is 1. The van der Waals surface area contributed by atoms with Crippen LogP contribution >= 0.6 is 35.0 Å². The monoisotopic (exact) mass is 467 g/mol. The average molecular weight is 468 g/mol. The molecule has 0 aromatic heterocycles. The SMILES string of the molecule is CS(=O)(=O)NC(=O)Cc1ccc(Cl)cc1Sc1cc(Cl)cc(S(C)(=O)=O)c1. The maximum atomic E-state index is 11.9. The molecule has 0 heterocycles. The zero-order chi connectivity index (χ0) is 20.4. The Morgan fingerprint density at radius 2 is 1.67 bits per heavy atom. The van der Waals surface area contributed by atoms with Gasteiger partial charge in [0.2, 0.25) is 15.9 Å². The molecule has 1 N–H and O–H groups in total. The van der Waals surface area contributed by atoms with E-state index in [9.17, 15) is 21.6 Å². The molecule has 0 saturated heterocycles. The molecule has 0 aliphatic rings. The third kappa shape index (κ3) is 7.00. The minimum absolute atomic E-state index is 0.0656. The third-order valence-corrected chi connectivity index (χ3v) is 6.40. The van der Waals surface area contributed by atoms with E-state index < -0.39 is 25.8 Å². The van der Waals surface area contributed by atoms with Crippen molar-refractivity contribution in [3.63, 3.8) is 0 Å². The zero-order valence-electron chi connectivity index (χ0n) is 14.2. The lowest BCUT2D eigenvalue weighted by Gasteiger charge is -2.11. The number of hydrogen-bond acceptors (Lipinski definition) is 6. The number of sulfonamides is 1. The summed E-state index contributed by atoms with van der Waals surface area (Å²) in [6.45, 7) is 0. The smallest absolute Gasteiger partial charge is 0.237 e. The zero-order valence-corrected chi connectivity index (χ0v) is 18.2. The molecular formula is C16H15Cl2NO5S3. The summed E-state index contributed by atoms with van der Waals surface area (Å²) in [5.41, 5.74) is 0.534. The number of carbonyl (C=O) groups excluding carboxylic acids is 1. The Hall–Kier alpha value is -1.26. The van der Waals surface area contributed by atoms with Crippen molar-refractivity contribution in [1.29, 1.82) is 0 Å². The second-order valence-corrected chi connectivity index (χ2v) is 11.5. The molecular weight excluding hydrogens is 453 g/mol. The highest BCUT2D eigenvalue weighted by atomic mass is 35.5. The van der Waals surface area contributed by atoms with E-state index >= 15 is 0 Å². The van der Waals surface area contributed by atoms with Gasteiger partial charge in [-0.05, 0) is 35.9 Å². The Kier molecular flexibility index (Phi) is 6.86. The van der Waals surface area contributed by atoms with Gasteiger partial charge in [0.1, 0.15) is 0 Å². The van der Waals surface area contributed by atoms with Gasteiger partial charge >= 0.3 is 0 Å². The lowest BCUT2D eigenvalue weighted by molar-refractivity contribution is -0.118. The number of carbonyl (C=O) groups is 1. The average Bonchev–Trinajstić information content (AvgIpc) is 2.46. The van der Waals surface area contributed by atoms with Crippen molar-refractivity contribution in [2.24, 2.45) is 0 Å². The fourth-order valence-electron chi connectivity index (χ4n) is 2.12. The fourth-order valence-corrected chi connectivity index (χ4v) is 5.05. The van der Waals surface area contributed by atoms with E-state index in [0.29, 0.717) is 20.4 Å². The van der Waals surface area contributed by atoms with Gasteiger partial charge in [-0.25, -0.2) is 16.8 Å². The number of sulfone groups is 1. The van der Waals surface area contributed by atoms with E-state index in [-0.39, 0.29) is 16.3 Å². The fraction of sp³-hybridized carbons (Fsp3) is 0.188. The minimum Gasteiger partial charge on any atom is -0.274 e. The molecule has 0 saturated carbocycles. The molecule has 0 bridgehead atoms. The largest absolute Gasteiger partial charge is 0.274 e. The van der Waals surface area contributed by atoms with Crippen molar-refractivity contribution in [1.82, 2.24) is 4.72 Å². The van der Waals surface area contributed by atoms with E-state index in [1.807, 2.05) is 4.72 Å². The van der Waals surface area contributed by atoms with E-state index in [1.54, 1.807) is 24.3 Å². The van der Waals surface area contributed by atoms with Crippen molar-refractivity contribution in [2.45, 2.75) is 21.1 Å². The van der Waals surface area contributed by atoms with Crippen molar-refractivity contribution in [2.75, 3.05) is 12.5 Å². The minimum atomic E-state index is -3.67. The van der Waals surface area contributed by atoms with E-state index in [1.165, 1.54) is 23.9 Å². The molecule has 0 radical (unpaired) electrons. The predicted molar refractivity (Wildman–Crippen MR) is 107 cm³/mol. The van der Waals surface area contributed by atoms with Gasteiger partial charge < -0.3 is 0 Å². The molecule has 11 heteroatoms. The second-order valence-electron chi connectivity index (χ2n) is 5.72. The van der Waals surface area contributed by atoms with Crippen LogP contribution in [0.3, 0.4) is 0 Å². The first-order valence-electron chi connectivity index (χ1n) is 7.31. The Morgan fingerprint density at radius 1 is 1.00 bits per heavy atom. The van der Waals surface area contributed by atoms with Crippen molar-refractivity contribution >= 4 is 60.7 Å². The molecule has 2 aromatic carbocycles. The first-order valence-corrected chi connectivity index (χ1v) is 12.7. The van der Waals surface area contributed by atoms with E-state index in [2.05, 4.69) is 0 Å². The van der Waals surface area contributed by atoms with Crippen molar-refractivity contribution < 1.29 is 21.6 Å². The molecule has 1 amide bonds. The highest BCUT2D eigenvalue weighted by molar-refractivity contribution is 7.99. The number of rotatable bonds is 6. The third-order valence-electron chi connectivity index (χ3n) is 3.18. The lowest BCUT2D eigenvalue weighted by atomic mass is 10.1. The maximum Gasteiger partial charge on any atom is 0.237 e. The van der Waals surface area contributed by atoms with Crippen LogP contribution in [0, 0.1) is 0 Å². The summed E-state index contributed by atoms with van der Waals surface area (Å²) >= 11 is 13.2. The number of hydrogen-bond donors (Lipinski definition) is 1. The normalized spacial score (nSPS) is 12.0. The molecule has 0 spiro atoms. The first-order chi connectivity index (χ1) is 12.3. The summed E-state index contributed by atoms with van der Waals surface area (Å²) in [5, 5.41) is 0.661. The van der Waals surface area contributed by atoms with Gasteiger partial charge in [0.25, 0.3) is 0 Å². The number of benzene rings is 2.